The van der Waals surface area contributed by atoms with Crippen LogP contribution < -0.4 is 10.1 Å². The molecule has 1 fully saturated rings. The lowest BCUT2D eigenvalue weighted by atomic mass is 10.1. The first-order valence-corrected chi connectivity index (χ1v) is 10.7. The fraction of sp³-hybridized carbons (Fsp3) is 0.250. The molecular formula is C24H21F3N6O2. The number of nitrogens with one attached hydrogen (secondary N) is 1. The standard InChI is InChI=1S/C24H21F3N6O2/c25-24(26,27)21-13-20(5-4-18(21)14-28)35-19-3-1-2-17(12-19)16-32-8-10-33(11-9-32)23(34)31-22-15-29-6-7-30-22/h1-7,12-13,15H,8-11,16H2,(H,30,31,34). The Morgan fingerprint density at radius 1 is 1.09 bits per heavy atom. The monoisotopic (exact) mass is 482 g/mol. The molecule has 4 rings (SSSR count). The van der Waals surface area contributed by atoms with Gasteiger partial charge in [-0.25, -0.2) is 9.78 Å². The van der Waals surface area contributed by atoms with Crippen molar-refractivity contribution in [3.63, 3.8) is 0 Å². The molecule has 180 valence electrons. The number of hydrogen-bond acceptors (Lipinski definition) is 6. The Hall–Kier alpha value is -4.17. The number of benzene rings is 2. The summed E-state index contributed by atoms with van der Waals surface area (Å²) in [4.78, 5) is 24.2. The summed E-state index contributed by atoms with van der Waals surface area (Å²) in [5, 5.41) is 11.7. The van der Waals surface area contributed by atoms with Gasteiger partial charge in [0, 0.05) is 45.1 Å². The van der Waals surface area contributed by atoms with E-state index in [4.69, 9.17) is 10.00 Å². The van der Waals surface area contributed by atoms with E-state index in [0.717, 1.165) is 17.7 Å². The van der Waals surface area contributed by atoms with Crippen molar-refractivity contribution in [1.29, 1.82) is 5.26 Å². The van der Waals surface area contributed by atoms with Crippen LogP contribution in [0.3, 0.4) is 0 Å². The van der Waals surface area contributed by atoms with Gasteiger partial charge >= 0.3 is 12.2 Å². The van der Waals surface area contributed by atoms with Gasteiger partial charge < -0.3 is 9.64 Å². The minimum absolute atomic E-state index is 0.00351. The highest BCUT2D eigenvalue weighted by Crippen LogP contribution is 2.35. The van der Waals surface area contributed by atoms with E-state index >= 15 is 0 Å². The molecule has 0 unspecified atom stereocenters. The molecule has 0 saturated carbocycles. The van der Waals surface area contributed by atoms with Gasteiger partial charge in [0.1, 0.15) is 11.5 Å². The fourth-order valence-corrected chi connectivity index (χ4v) is 3.68. The number of carbonyl (C=O) groups excluding carboxylic acids is 1. The Balaban J connectivity index is 1.34. The van der Waals surface area contributed by atoms with Crippen LogP contribution in [0.15, 0.2) is 61.1 Å². The van der Waals surface area contributed by atoms with Gasteiger partial charge in [0.05, 0.1) is 23.4 Å². The number of nitriles is 1. The Bertz CT molecular complexity index is 1220. The van der Waals surface area contributed by atoms with E-state index in [1.807, 2.05) is 6.07 Å². The highest BCUT2D eigenvalue weighted by atomic mass is 19.4. The van der Waals surface area contributed by atoms with E-state index in [1.165, 1.54) is 24.7 Å². The molecule has 1 saturated heterocycles. The van der Waals surface area contributed by atoms with E-state index < -0.39 is 17.3 Å². The maximum Gasteiger partial charge on any atom is 0.417 e. The molecule has 11 heteroatoms. The minimum atomic E-state index is -4.65. The third kappa shape index (κ3) is 6.24. The molecule has 0 radical (unpaired) electrons. The molecule has 8 nitrogen and oxygen atoms in total. The summed E-state index contributed by atoms with van der Waals surface area (Å²) in [6.45, 7) is 2.98. The molecule has 35 heavy (non-hydrogen) atoms. The molecule has 1 aliphatic rings. The lowest BCUT2D eigenvalue weighted by molar-refractivity contribution is -0.137. The largest absolute Gasteiger partial charge is 0.457 e. The van der Waals surface area contributed by atoms with Crippen molar-refractivity contribution >= 4 is 11.8 Å². The summed E-state index contributed by atoms with van der Waals surface area (Å²) in [5.41, 5.74) is -0.567. The molecule has 0 spiro atoms. The quantitative estimate of drug-likeness (QED) is 0.575. The molecule has 2 amide bonds. The molecular weight excluding hydrogens is 461 g/mol. The number of carbonyl (C=O) groups is 1. The highest BCUT2D eigenvalue weighted by Gasteiger charge is 2.34. The van der Waals surface area contributed by atoms with Crippen LogP contribution >= 0.6 is 0 Å². The number of alkyl halides is 3. The van der Waals surface area contributed by atoms with Crippen molar-refractivity contribution in [3.8, 4) is 17.6 Å². The number of nitrogens with zero attached hydrogens (tertiary/aromatic N) is 5. The first-order chi connectivity index (χ1) is 16.8. The van der Waals surface area contributed by atoms with Crippen LogP contribution in [0, 0.1) is 11.3 Å². The second kappa shape index (κ2) is 10.4. The lowest BCUT2D eigenvalue weighted by Crippen LogP contribution is -2.49. The van der Waals surface area contributed by atoms with Crippen LogP contribution in [0.25, 0.3) is 0 Å². The highest BCUT2D eigenvalue weighted by molar-refractivity contribution is 5.88. The SMILES string of the molecule is N#Cc1ccc(Oc2cccc(CN3CCN(C(=O)Nc4cnccn4)CC3)c2)cc1C(F)(F)F. The van der Waals surface area contributed by atoms with Crippen LogP contribution in [-0.2, 0) is 12.7 Å². The third-order valence-corrected chi connectivity index (χ3v) is 5.41. The molecule has 1 aromatic heterocycles. The van der Waals surface area contributed by atoms with E-state index in [0.29, 0.717) is 44.3 Å². The number of piperazine rings is 1. The summed E-state index contributed by atoms with van der Waals surface area (Å²) >= 11 is 0. The van der Waals surface area contributed by atoms with Crippen LogP contribution in [0.1, 0.15) is 16.7 Å². The first kappa shape index (κ1) is 24.0. The Morgan fingerprint density at radius 2 is 1.86 bits per heavy atom. The van der Waals surface area contributed by atoms with Gasteiger partial charge in [0.25, 0.3) is 0 Å². The van der Waals surface area contributed by atoms with Crippen molar-refractivity contribution < 1.29 is 22.7 Å². The number of urea groups is 1. The van der Waals surface area contributed by atoms with Crippen molar-refractivity contribution in [2.24, 2.45) is 0 Å². The van der Waals surface area contributed by atoms with Crippen molar-refractivity contribution in [2.45, 2.75) is 12.7 Å². The smallest absolute Gasteiger partial charge is 0.417 e. The van der Waals surface area contributed by atoms with Crippen LogP contribution in [0.5, 0.6) is 11.5 Å². The van der Waals surface area contributed by atoms with Crippen LogP contribution in [0.2, 0.25) is 0 Å². The first-order valence-electron chi connectivity index (χ1n) is 10.7. The third-order valence-electron chi connectivity index (χ3n) is 5.41. The number of ether oxygens (including phenoxy) is 1. The van der Waals surface area contributed by atoms with Crippen LogP contribution in [0.4, 0.5) is 23.8 Å². The van der Waals surface area contributed by atoms with Crippen LogP contribution in [-0.4, -0.2) is 52.0 Å². The minimum Gasteiger partial charge on any atom is -0.457 e. The van der Waals surface area contributed by atoms with Gasteiger partial charge in [-0.2, -0.15) is 18.4 Å². The zero-order chi connectivity index (χ0) is 24.8. The van der Waals surface area contributed by atoms with Crippen molar-refractivity contribution in [3.05, 3.63) is 77.7 Å². The number of hydrogen-bond donors (Lipinski definition) is 1. The molecule has 0 bridgehead atoms. The maximum atomic E-state index is 13.2. The van der Waals surface area contributed by atoms with Crippen molar-refractivity contribution in [2.75, 3.05) is 31.5 Å². The lowest BCUT2D eigenvalue weighted by Gasteiger charge is -2.34. The summed E-state index contributed by atoms with van der Waals surface area (Å²) in [6, 6.07) is 11.7. The number of rotatable bonds is 5. The number of amides is 2. The predicted molar refractivity (Wildman–Crippen MR) is 121 cm³/mol. The van der Waals surface area contributed by atoms with E-state index in [9.17, 15) is 18.0 Å². The molecule has 2 heterocycles. The fourth-order valence-electron chi connectivity index (χ4n) is 3.68. The molecule has 1 aliphatic heterocycles. The average Bonchev–Trinajstić information content (AvgIpc) is 2.85. The Kier molecular flexibility index (Phi) is 7.12. The molecule has 1 N–H and O–H groups in total. The summed E-state index contributed by atoms with van der Waals surface area (Å²) in [7, 11) is 0. The Labute approximate surface area is 199 Å². The van der Waals surface area contributed by atoms with Gasteiger partial charge in [-0.1, -0.05) is 12.1 Å². The molecule has 0 atom stereocenters. The molecule has 2 aromatic carbocycles. The maximum absolute atomic E-state index is 13.2. The summed E-state index contributed by atoms with van der Waals surface area (Å²) < 4.78 is 45.3. The zero-order valence-electron chi connectivity index (χ0n) is 18.5. The summed E-state index contributed by atoms with van der Waals surface area (Å²) in [5.74, 6) is 0.778. The van der Waals surface area contributed by atoms with E-state index in [2.05, 4.69) is 20.2 Å². The Morgan fingerprint density at radius 3 is 2.54 bits per heavy atom. The topological polar surface area (TPSA) is 94.4 Å². The average molecular weight is 482 g/mol. The van der Waals surface area contributed by atoms with Gasteiger partial charge in [0.2, 0.25) is 0 Å². The van der Waals surface area contributed by atoms with Crippen molar-refractivity contribution in [1.82, 2.24) is 19.8 Å². The number of halogens is 3. The van der Waals surface area contributed by atoms with Gasteiger partial charge in [-0.15, -0.1) is 0 Å². The predicted octanol–water partition coefficient (Wildman–Crippen LogP) is 4.51. The van der Waals surface area contributed by atoms with Gasteiger partial charge in [-0.05, 0) is 35.9 Å². The van der Waals surface area contributed by atoms with Gasteiger partial charge in [-0.3, -0.25) is 15.2 Å². The number of aromatic nitrogens is 2. The normalized spacial score (nSPS) is 14.3. The zero-order valence-corrected chi connectivity index (χ0v) is 18.5. The van der Waals surface area contributed by atoms with E-state index in [-0.39, 0.29) is 11.8 Å². The molecule has 3 aromatic rings. The second-order valence-corrected chi connectivity index (χ2v) is 7.85. The van der Waals surface area contributed by atoms with Gasteiger partial charge in [0.15, 0.2) is 5.82 Å². The molecule has 0 aliphatic carbocycles. The number of anilines is 1. The van der Waals surface area contributed by atoms with E-state index in [1.54, 1.807) is 29.2 Å². The summed E-state index contributed by atoms with van der Waals surface area (Å²) in [6.07, 6.45) is -0.147. The second-order valence-electron chi connectivity index (χ2n) is 7.85.